The standard InChI is InChI=1S/C20H22ClFN4OS/c1-3-15-17(18-14(21)10-25-26(18)2)16(19(28-15)20(24)27)12(9-23)7-11-5-4-6-13(22)8-11/h4-6,8,10,12H,3,7,9,23H2,1-2H3,(H2,24,27)/t12-/m1/s1. The maximum absolute atomic E-state index is 13.7. The quantitative estimate of drug-likeness (QED) is 0.607. The molecule has 4 N–H and O–H groups in total. The van der Waals surface area contributed by atoms with Crippen LogP contribution in [0.4, 0.5) is 4.39 Å². The summed E-state index contributed by atoms with van der Waals surface area (Å²) >= 11 is 7.79. The van der Waals surface area contributed by atoms with Gasteiger partial charge in [0, 0.05) is 23.4 Å². The number of aromatic nitrogens is 2. The minimum Gasteiger partial charge on any atom is -0.365 e. The van der Waals surface area contributed by atoms with Crippen molar-refractivity contribution in [2.24, 2.45) is 18.5 Å². The van der Waals surface area contributed by atoms with Gasteiger partial charge in [-0.1, -0.05) is 30.7 Å². The number of carbonyl (C=O) groups excluding carboxylic acids is 1. The molecule has 0 aliphatic heterocycles. The highest BCUT2D eigenvalue weighted by molar-refractivity contribution is 7.14. The van der Waals surface area contributed by atoms with E-state index in [0.717, 1.165) is 27.3 Å². The summed E-state index contributed by atoms with van der Waals surface area (Å²) < 4.78 is 15.4. The second-order valence-corrected chi connectivity index (χ2v) is 8.10. The number of primary amides is 1. The van der Waals surface area contributed by atoms with Crippen LogP contribution in [0.2, 0.25) is 5.02 Å². The fraction of sp³-hybridized carbons (Fsp3) is 0.300. The molecule has 0 saturated heterocycles. The number of aryl methyl sites for hydroxylation is 2. The Kier molecular flexibility index (Phi) is 6.17. The van der Waals surface area contributed by atoms with Crippen LogP contribution in [0.25, 0.3) is 11.3 Å². The Morgan fingerprint density at radius 1 is 1.43 bits per heavy atom. The second-order valence-electron chi connectivity index (χ2n) is 6.59. The monoisotopic (exact) mass is 420 g/mol. The minimum absolute atomic E-state index is 0.221. The zero-order valence-electron chi connectivity index (χ0n) is 15.7. The van der Waals surface area contributed by atoms with E-state index < -0.39 is 5.91 Å². The first-order valence-corrected chi connectivity index (χ1v) is 10.1. The number of amides is 1. The van der Waals surface area contributed by atoms with Gasteiger partial charge in [-0.2, -0.15) is 5.10 Å². The molecule has 3 aromatic rings. The molecule has 0 spiro atoms. The fourth-order valence-electron chi connectivity index (χ4n) is 3.52. The number of rotatable bonds is 7. The number of hydrogen-bond acceptors (Lipinski definition) is 4. The SMILES string of the molecule is CCc1sc(C(N)=O)c([C@@H](CN)Cc2cccc(F)c2)c1-c1c(Cl)cnn1C. The van der Waals surface area contributed by atoms with Crippen molar-refractivity contribution in [1.29, 1.82) is 0 Å². The number of thiophene rings is 1. The average Bonchev–Trinajstić information content (AvgIpc) is 3.19. The molecular formula is C20H22ClFN4OS. The molecule has 8 heteroatoms. The number of carbonyl (C=O) groups is 1. The number of benzene rings is 1. The van der Waals surface area contributed by atoms with Gasteiger partial charge in [-0.05, 0) is 42.6 Å². The Labute approximate surface area is 172 Å². The van der Waals surface area contributed by atoms with Crippen molar-refractivity contribution >= 4 is 28.8 Å². The first-order chi connectivity index (χ1) is 13.4. The van der Waals surface area contributed by atoms with E-state index in [1.165, 1.54) is 23.5 Å². The van der Waals surface area contributed by atoms with Gasteiger partial charge in [0.1, 0.15) is 5.82 Å². The van der Waals surface area contributed by atoms with E-state index in [1.54, 1.807) is 24.0 Å². The van der Waals surface area contributed by atoms with Crippen LogP contribution in [0.3, 0.4) is 0 Å². The van der Waals surface area contributed by atoms with Crippen LogP contribution in [0, 0.1) is 5.82 Å². The summed E-state index contributed by atoms with van der Waals surface area (Å²) in [6.07, 6.45) is 2.77. The zero-order valence-corrected chi connectivity index (χ0v) is 17.3. The third-order valence-corrected chi connectivity index (χ3v) is 6.40. The third-order valence-electron chi connectivity index (χ3n) is 4.76. The van der Waals surface area contributed by atoms with Crippen molar-refractivity contribution < 1.29 is 9.18 Å². The summed E-state index contributed by atoms with van der Waals surface area (Å²) in [6.45, 7) is 2.29. The van der Waals surface area contributed by atoms with Gasteiger partial charge in [-0.3, -0.25) is 9.48 Å². The van der Waals surface area contributed by atoms with Gasteiger partial charge in [0.05, 0.1) is 21.8 Å². The lowest BCUT2D eigenvalue weighted by atomic mass is 9.87. The number of nitrogens with two attached hydrogens (primary N) is 2. The van der Waals surface area contributed by atoms with Crippen LogP contribution >= 0.6 is 22.9 Å². The molecule has 0 radical (unpaired) electrons. The van der Waals surface area contributed by atoms with Crippen molar-refractivity contribution in [3.63, 3.8) is 0 Å². The summed E-state index contributed by atoms with van der Waals surface area (Å²) in [6, 6.07) is 6.39. The van der Waals surface area contributed by atoms with Crippen LogP contribution in [-0.4, -0.2) is 22.2 Å². The summed E-state index contributed by atoms with van der Waals surface area (Å²) in [5.74, 6) is -1.03. The molecule has 2 heterocycles. The lowest BCUT2D eigenvalue weighted by molar-refractivity contribution is 0.100. The smallest absolute Gasteiger partial charge is 0.259 e. The molecule has 5 nitrogen and oxygen atoms in total. The Hall–Kier alpha value is -2.22. The van der Waals surface area contributed by atoms with Gasteiger partial charge in [0.15, 0.2) is 0 Å². The van der Waals surface area contributed by atoms with E-state index in [9.17, 15) is 9.18 Å². The van der Waals surface area contributed by atoms with Crippen LogP contribution in [0.1, 0.15) is 38.5 Å². The molecule has 0 saturated carbocycles. The van der Waals surface area contributed by atoms with Crippen molar-refractivity contribution in [1.82, 2.24) is 9.78 Å². The summed E-state index contributed by atoms with van der Waals surface area (Å²) in [4.78, 5) is 13.7. The Morgan fingerprint density at radius 3 is 2.71 bits per heavy atom. The zero-order chi connectivity index (χ0) is 20.4. The summed E-state index contributed by atoms with van der Waals surface area (Å²) in [7, 11) is 1.80. The number of nitrogens with zero attached hydrogens (tertiary/aromatic N) is 2. The van der Waals surface area contributed by atoms with Crippen LogP contribution in [0.5, 0.6) is 0 Å². The first-order valence-electron chi connectivity index (χ1n) is 8.95. The summed E-state index contributed by atoms with van der Waals surface area (Å²) in [5.41, 5.74) is 15.0. The first kappa shape index (κ1) is 20.5. The average molecular weight is 421 g/mol. The largest absolute Gasteiger partial charge is 0.365 e. The molecule has 3 rings (SSSR count). The predicted molar refractivity (Wildman–Crippen MR) is 111 cm³/mol. The Morgan fingerprint density at radius 2 is 2.18 bits per heavy atom. The number of halogens is 2. The van der Waals surface area contributed by atoms with Gasteiger partial charge >= 0.3 is 0 Å². The molecular weight excluding hydrogens is 399 g/mol. The molecule has 1 atom stereocenters. The van der Waals surface area contributed by atoms with Crippen molar-refractivity contribution in [3.8, 4) is 11.3 Å². The molecule has 1 amide bonds. The van der Waals surface area contributed by atoms with E-state index in [1.807, 2.05) is 13.0 Å². The topological polar surface area (TPSA) is 86.9 Å². The van der Waals surface area contributed by atoms with Gasteiger partial charge in [0.2, 0.25) is 0 Å². The molecule has 28 heavy (non-hydrogen) atoms. The molecule has 0 unspecified atom stereocenters. The maximum Gasteiger partial charge on any atom is 0.259 e. The molecule has 148 valence electrons. The molecule has 2 aromatic heterocycles. The van der Waals surface area contributed by atoms with E-state index in [4.69, 9.17) is 23.1 Å². The van der Waals surface area contributed by atoms with E-state index >= 15 is 0 Å². The normalized spacial score (nSPS) is 12.3. The summed E-state index contributed by atoms with van der Waals surface area (Å²) in [5, 5.41) is 4.73. The molecule has 0 aliphatic carbocycles. The Balaban J connectivity index is 2.22. The second kappa shape index (κ2) is 8.43. The van der Waals surface area contributed by atoms with Crippen LogP contribution in [0.15, 0.2) is 30.5 Å². The lowest BCUT2D eigenvalue weighted by Gasteiger charge is -2.19. The lowest BCUT2D eigenvalue weighted by Crippen LogP contribution is -2.20. The molecule has 1 aromatic carbocycles. The molecule has 0 fully saturated rings. The van der Waals surface area contributed by atoms with Crippen LogP contribution in [-0.2, 0) is 19.9 Å². The van der Waals surface area contributed by atoms with Gasteiger partial charge < -0.3 is 11.5 Å². The Bertz CT molecular complexity index is 994. The fourth-order valence-corrected chi connectivity index (χ4v) is 4.96. The van der Waals surface area contributed by atoms with E-state index in [0.29, 0.717) is 22.7 Å². The van der Waals surface area contributed by atoms with Crippen molar-refractivity contribution in [2.45, 2.75) is 25.7 Å². The van der Waals surface area contributed by atoms with Gasteiger partial charge in [-0.15, -0.1) is 11.3 Å². The minimum atomic E-state index is -0.503. The highest BCUT2D eigenvalue weighted by atomic mass is 35.5. The van der Waals surface area contributed by atoms with Crippen molar-refractivity contribution in [3.05, 3.63) is 62.2 Å². The molecule has 0 aliphatic rings. The van der Waals surface area contributed by atoms with Crippen LogP contribution < -0.4 is 11.5 Å². The van der Waals surface area contributed by atoms with Gasteiger partial charge in [0.25, 0.3) is 5.91 Å². The predicted octanol–water partition coefficient (Wildman–Crippen LogP) is 3.89. The third kappa shape index (κ3) is 3.83. The molecule has 0 bridgehead atoms. The van der Waals surface area contributed by atoms with E-state index in [2.05, 4.69) is 5.10 Å². The van der Waals surface area contributed by atoms with Crippen molar-refractivity contribution in [2.75, 3.05) is 6.54 Å². The highest BCUT2D eigenvalue weighted by Gasteiger charge is 2.29. The van der Waals surface area contributed by atoms with Gasteiger partial charge in [-0.25, -0.2) is 4.39 Å². The highest BCUT2D eigenvalue weighted by Crippen LogP contribution is 2.44. The maximum atomic E-state index is 13.7. The van der Waals surface area contributed by atoms with E-state index in [-0.39, 0.29) is 18.3 Å². The number of hydrogen-bond donors (Lipinski definition) is 2.